The molecule has 1 radical (unpaired) electrons. The van der Waals surface area contributed by atoms with Gasteiger partial charge in [0.05, 0.1) is 0 Å². The third-order valence-electron chi connectivity index (χ3n) is 0.217. The zero-order valence-corrected chi connectivity index (χ0v) is 8.98. The molecule has 4 nitrogen and oxygen atoms in total. The van der Waals surface area contributed by atoms with E-state index in [-0.39, 0.29) is 49.5 Å². The molecular formula is CH5FNaO4PV. The molecule has 0 fully saturated rings. The number of halogens is 1. The predicted molar refractivity (Wildman–Crippen MR) is 20.2 cm³/mol. The van der Waals surface area contributed by atoms with E-state index in [2.05, 4.69) is 4.52 Å². The second-order valence-corrected chi connectivity index (χ2v) is 1.97. The first-order valence-electron chi connectivity index (χ1n) is 1.32. The van der Waals surface area contributed by atoms with Crippen molar-refractivity contribution in [2.45, 2.75) is 0 Å². The van der Waals surface area contributed by atoms with E-state index in [9.17, 15) is 8.96 Å². The van der Waals surface area contributed by atoms with Crippen molar-refractivity contribution in [1.29, 1.82) is 0 Å². The largest absolute Gasteiger partial charge is 1.00 e. The van der Waals surface area contributed by atoms with Gasteiger partial charge in [-0.05, 0) is 0 Å². The Bertz CT molecular complexity index is 99.3. The van der Waals surface area contributed by atoms with Crippen molar-refractivity contribution in [2.75, 3.05) is 6.86 Å². The first-order chi connectivity index (χ1) is 3.06. The van der Waals surface area contributed by atoms with Crippen LogP contribution in [0.4, 0.5) is 4.39 Å². The second-order valence-electron chi connectivity index (χ2n) is 0.729. The zero-order valence-electron chi connectivity index (χ0n) is 5.69. The molecule has 0 spiro atoms. The second kappa shape index (κ2) is 7.73. The minimum atomic E-state index is -4.54. The summed E-state index contributed by atoms with van der Waals surface area (Å²) in [5, 5.41) is 0. The molecule has 0 saturated carbocycles. The third kappa shape index (κ3) is 17.7. The number of rotatable bonds is 2. The third-order valence-corrected chi connectivity index (χ3v) is 0.651. The van der Waals surface area contributed by atoms with Crippen molar-refractivity contribution in [2.24, 2.45) is 0 Å². The quantitative estimate of drug-likeness (QED) is 0.375. The average Bonchev–Trinajstić information content (AvgIpc) is 1.30. The summed E-state index contributed by atoms with van der Waals surface area (Å²) >= 11 is 0. The minimum Gasteiger partial charge on any atom is -1.00 e. The molecule has 0 amide bonds. The van der Waals surface area contributed by atoms with Crippen LogP contribution in [0, 0.1) is 0 Å². The molecule has 0 atom stereocenters. The SMILES string of the molecule is O=P(O)(O)OCF.[H-].[Na+].[V]. The Morgan fingerprint density at radius 1 is 1.67 bits per heavy atom. The molecule has 0 aliphatic rings. The molecule has 0 aromatic carbocycles. The molecule has 0 aliphatic carbocycles. The fourth-order valence-corrected chi connectivity index (χ4v) is 0.191. The first kappa shape index (κ1) is 16.9. The van der Waals surface area contributed by atoms with Crippen LogP contribution in [-0.2, 0) is 27.6 Å². The van der Waals surface area contributed by atoms with Gasteiger partial charge in [-0.1, -0.05) is 0 Å². The van der Waals surface area contributed by atoms with Gasteiger partial charge in [0.15, 0.2) is 6.86 Å². The van der Waals surface area contributed by atoms with Gasteiger partial charge >= 0.3 is 37.4 Å². The number of alkyl halides is 1. The smallest absolute Gasteiger partial charge is 1.00 e. The van der Waals surface area contributed by atoms with Crippen molar-refractivity contribution in [3.63, 3.8) is 0 Å². The van der Waals surface area contributed by atoms with E-state index in [4.69, 9.17) is 9.79 Å². The maximum absolute atomic E-state index is 10.8. The molecule has 0 rings (SSSR count). The van der Waals surface area contributed by atoms with Gasteiger partial charge < -0.3 is 11.2 Å². The van der Waals surface area contributed by atoms with Crippen molar-refractivity contribution in [1.82, 2.24) is 0 Å². The van der Waals surface area contributed by atoms with Crippen LogP contribution in [0.15, 0.2) is 0 Å². The first-order valence-corrected chi connectivity index (χ1v) is 2.85. The maximum Gasteiger partial charge on any atom is 1.00 e. The fraction of sp³-hybridized carbons (Fsp3) is 1.00. The fourth-order valence-electron chi connectivity index (χ4n) is 0.0636. The topological polar surface area (TPSA) is 66.8 Å². The average molecular weight is 205 g/mol. The van der Waals surface area contributed by atoms with Crippen LogP contribution in [0.5, 0.6) is 0 Å². The van der Waals surface area contributed by atoms with Gasteiger partial charge in [-0.15, -0.1) is 0 Å². The van der Waals surface area contributed by atoms with Crippen molar-refractivity contribution >= 4 is 7.82 Å². The molecule has 0 aromatic heterocycles. The van der Waals surface area contributed by atoms with Gasteiger partial charge in [-0.3, -0.25) is 4.52 Å². The van der Waals surface area contributed by atoms with Gasteiger partial charge in [0.1, 0.15) is 0 Å². The number of phosphoric acid groups is 1. The summed E-state index contributed by atoms with van der Waals surface area (Å²) in [5.41, 5.74) is 0. The Hall–Kier alpha value is 1.62. The van der Waals surface area contributed by atoms with E-state index in [1.165, 1.54) is 0 Å². The summed E-state index contributed by atoms with van der Waals surface area (Å²) in [5.74, 6) is 0. The molecule has 0 aliphatic heterocycles. The molecule has 2 N–H and O–H groups in total. The van der Waals surface area contributed by atoms with Gasteiger partial charge in [-0.2, -0.15) is 0 Å². The van der Waals surface area contributed by atoms with Crippen LogP contribution in [0.1, 0.15) is 1.43 Å². The van der Waals surface area contributed by atoms with Gasteiger partial charge in [0, 0.05) is 18.6 Å². The molecule has 0 heterocycles. The molecule has 8 heteroatoms. The van der Waals surface area contributed by atoms with Crippen LogP contribution >= 0.6 is 7.82 Å². The van der Waals surface area contributed by atoms with Crippen LogP contribution in [0.3, 0.4) is 0 Å². The Balaban J connectivity index is -0.0000000600. The molecule has 51 valence electrons. The maximum atomic E-state index is 10.8. The molecule has 0 aromatic rings. The molecule has 0 unspecified atom stereocenters. The summed E-state index contributed by atoms with van der Waals surface area (Å²) in [6.45, 7) is -1.45. The summed E-state index contributed by atoms with van der Waals surface area (Å²) < 4.78 is 23.5. The van der Waals surface area contributed by atoms with Crippen LogP contribution in [-0.4, -0.2) is 16.6 Å². The number of hydrogen-bond acceptors (Lipinski definition) is 2. The standard InChI is InChI=1S/CH4FO4P.Na.V.H/c2-1-6-7(3,4)5;;;/h1H2,(H2,3,4,5);;;/q;+1;;-1. The Morgan fingerprint density at radius 2 is 2.00 bits per heavy atom. The van der Waals surface area contributed by atoms with E-state index >= 15 is 0 Å². The van der Waals surface area contributed by atoms with E-state index in [0.717, 1.165) is 0 Å². The van der Waals surface area contributed by atoms with Crippen molar-refractivity contribution < 1.29 is 72.8 Å². The zero-order chi connectivity index (χ0) is 5.91. The molecule has 0 saturated heterocycles. The Labute approximate surface area is 87.1 Å². The van der Waals surface area contributed by atoms with E-state index in [1.807, 2.05) is 0 Å². The van der Waals surface area contributed by atoms with Crippen LogP contribution in [0.25, 0.3) is 0 Å². The summed E-state index contributed by atoms with van der Waals surface area (Å²) in [4.78, 5) is 15.3. The summed E-state index contributed by atoms with van der Waals surface area (Å²) in [6.07, 6.45) is 0. The number of hydrogen-bond donors (Lipinski definition) is 2. The molecular weight excluding hydrogens is 200 g/mol. The van der Waals surface area contributed by atoms with E-state index in [1.54, 1.807) is 0 Å². The van der Waals surface area contributed by atoms with Gasteiger partial charge in [0.25, 0.3) is 0 Å². The predicted octanol–water partition coefficient (Wildman–Crippen LogP) is -2.86. The molecule has 9 heavy (non-hydrogen) atoms. The van der Waals surface area contributed by atoms with Crippen LogP contribution < -0.4 is 29.6 Å². The van der Waals surface area contributed by atoms with Crippen molar-refractivity contribution in [3.8, 4) is 0 Å². The summed E-state index contributed by atoms with van der Waals surface area (Å²) in [7, 11) is -4.54. The van der Waals surface area contributed by atoms with Gasteiger partial charge in [0.2, 0.25) is 0 Å². The number of phosphoric ester groups is 1. The van der Waals surface area contributed by atoms with Crippen LogP contribution in [0.2, 0.25) is 0 Å². The molecule has 0 bridgehead atoms. The Kier molecular flexibility index (Phi) is 14.5. The van der Waals surface area contributed by atoms with Crippen molar-refractivity contribution in [3.05, 3.63) is 0 Å². The van der Waals surface area contributed by atoms with E-state index in [0.29, 0.717) is 0 Å². The normalized spacial score (nSPS) is 9.22. The Morgan fingerprint density at radius 3 is 2.00 bits per heavy atom. The summed E-state index contributed by atoms with van der Waals surface area (Å²) in [6, 6.07) is 0. The minimum absolute atomic E-state index is 0. The monoisotopic (exact) mass is 205 g/mol. The van der Waals surface area contributed by atoms with E-state index < -0.39 is 14.7 Å². The van der Waals surface area contributed by atoms with Gasteiger partial charge in [-0.25, -0.2) is 8.96 Å².